The minimum atomic E-state index is -4.01. The molecule has 6 nitrogen and oxygen atoms in total. The Hall–Kier alpha value is -3.03. The molecule has 3 rings (SSSR count). The zero-order valence-electron chi connectivity index (χ0n) is 19.7. The van der Waals surface area contributed by atoms with Crippen LogP contribution in [0.2, 0.25) is 5.02 Å². The van der Waals surface area contributed by atoms with Gasteiger partial charge in [0, 0.05) is 5.02 Å². The van der Waals surface area contributed by atoms with E-state index in [0.717, 1.165) is 26.7 Å². The average Bonchev–Trinajstić information content (AvgIpc) is 2.79. The van der Waals surface area contributed by atoms with Gasteiger partial charge in [-0.25, -0.2) is 8.42 Å². The SMILES string of the molecule is Cc1ccc(S(=O)(=O)N(CC(=O)NC(C)COc2ccccc2C)c2ccc(C)c(Cl)c2)cc1. The van der Waals surface area contributed by atoms with Gasteiger partial charge >= 0.3 is 0 Å². The highest BCUT2D eigenvalue weighted by atomic mass is 35.5. The van der Waals surface area contributed by atoms with Crippen molar-refractivity contribution in [2.45, 2.75) is 38.6 Å². The van der Waals surface area contributed by atoms with Gasteiger partial charge < -0.3 is 10.1 Å². The zero-order valence-corrected chi connectivity index (χ0v) is 21.3. The van der Waals surface area contributed by atoms with Crippen LogP contribution >= 0.6 is 11.6 Å². The number of sulfonamides is 1. The topological polar surface area (TPSA) is 75.7 Å². The van der Waals surface area contributed by atoms with Crippen LogP contribution in [0.15, 0.2) is 71.6 Å². The van der Waals surface area contributed by atoms with E-state index in [0.29, 0.717) is 10.7 Å². The maximum Gasteiger partial charge on any atom is 0.264 e. The summed E-state index contributed by atoms with van der Waals surface area (Å²) in [5, 5.41) is 3.24. The number of benzene rings is 3. The Balaban J connectivity index is 1.79. The lowest BCUT2D eigenvalue weighted by molar-refractivity contribution is -0.120. The molecule has 8 heteroatoms. The van der Waals surface area contributed by atoms with Gasteiger partial charge in [0.1, 0.15) is 18.9 Å². The molecule has 0 bridgehead atoms. The van der Waals surface area contributed by atoms with Gasteiger partial charge in [-0.1, -0.05) is 53.6 Å². The van der Waals surface area contributed by atoms with Gasteiger partial charge in [-0.15, -0.1) is 0 Å². The largest absolute Gasteiger partial charge is 0.491 e. The smallest absolute Gasteiger partial charge is 0.264 e. The number of para-hydroxylation sites is 1. The maximum absolute atomic E-state index is 13.5. The number of aryl methyl sites for hydroxylation is 3. The van der Waals surface area contributed by atoms with Crippen molar-refractivity contribution in [3.8, 4) is 5.75 Å². The van der Waals surface area contributed by atoms with E-state index in [2.05, 4.69) is 5.32 Å². The average molecular weight is 501 g/mol. The summed E-state index contributed by atoms with van der Waals surface area (Å²) in [5.41, 5.74) is 3.05. The lowest BCUT2D eigenvalue weighted by Crippen LogP contribution is -2.45. The Labute approximate surface area is 206 Å². The normalized spacial score (nSPS) is 12.1. The third kappa shape index (κ3) is 6.30. The van der Waals surface area contributed by atoms with Crippen LogP contribution in [-0.2, 0) is 14.8 Å². The monoisotopic (exact) mass is 500 g/mol. The minimum absolute atomic E-state index is 0.0959. The Bertz CT molecular complexity index is 1260. The van der Waals surface area contributed by atoms with Crippen LogP contribution < -0.4 is 14.4 Å². The van der Waals surface area contributed by atoms with Crippen LogP contribution in [0, 0.1) is 20.8 Å². The molecular weight excluding hydrogens is 472 g/mol. The first-order chi connectivity index (χ1) is 16.1. The molecule has 1 amide bonds. The highest BCUT2D eigenvalue weighted by molar-refractivity contribution is 7.92. The molecule has 0 saturated carbocycles. The number of halogens is 1. The number of hydrogen-bond donors (Lipinski definition) is 1. The Morgan fingerprint density at radius 3 is 2.32 bits per heavy atom. The first-order valence-corrected chi connectivity index (χ1v) is 12.7. The molecule has 0 aliphatic carbocycles. The third-order valence-corrected chi connectivity index (χ3v) is 7.52. The quantitative estimate of drug-likeness (QED) is 0.446. The van der Waals surface area contributed by atoms with Crippen molar-refractivity contribution >= 4 is 33.2 Å². The lowest BCUT2D eigenvalue weighted by Gasteiger charge is -2.25. The van der Waals surface area contributed by atoms with Crippen LogP contribution in [0.25, 0.3) is 0 Å². The van der Waals surface area contributed by atoms with Crippen molar-refractivity contribution in [3.63, 3.8) is 0 Å². The van der Waals surface area contributed by atoms with Crippen LogP contribution in [-0.4, -0.2) is 33.5 Å². The van der Waals surface area contributed by atoms with Crippen molar-refractivity contribution < 1.29 is 17.9 Å². The predicted octanol–water partition coefficient (Wildman–Crippen LogP) is 5.04. The number of amides is 1. The molecule has 1 unspecified atom stereocenters. The highest BCUT2D eigenvalue weighted by Gasteiger charge is 2.28. The zero-order chi connectivity index (χ0) is 24.9. The second-order valence-electron chi connectivity index (χ2n) is 8.30. The molecular formula is C26H29ClN2O4S. The molecule has 0 aromatic heterocycles. The highest BCUT2D eigenvalue weighted by Crippen LogP contribution is 2.28. The van der Waals surface area contributed by atoms with Gasteiger partial charge in [0.2, 0.25) is 5.91 Å². The number of ether oxygens (including phenoxy) is 1. The number of hydrogen-bond acceptors (Lipinski definition) is 4. The van der Waals surface area contributed by atoms with E-state index in [1.165, 1.54) is 12.1 Å². The number of carbonyl (C=O) groups is 1. The van der Waals surface area contributed by atoms with Crippen molar-refractivity contribution in [2.24, 2.45) is 0 Å². The van der Waals surface area contributed by atoms with Gasteiger partial charge in [0.05, 0.1) is 16.6 Å². The fourth-order valence-electron chi connectivity index (χ4n) is 3.32. The summed E-state index contributed by atoms with van der Waals surface area (Å²) in [6.45, 7) is 7.30. The molecule has 0 fully saturated rings. The van der Waals surface area contributed by atoms with Crippen LogP contribution in [0.5, 0.6) is 5.75 Å². The van der Waals surface area contributed by atoms with Crippen molar-refractivity contribution in [1.82, 2.24) is 5.32 Å². The molecule has 0 heterocycles. The number of nitrogens with zero attached hydrogens (tertiary/aromatic N) is 1. The fourth-order valence-corrected chi connectivity index (χ4v) is 4.90. The van der Waals surface area contributed by atoms with E-state index < -0.39 is 22.5 Å². The van der Waals surface area contributed by atoms with E-state index in [1.807, 2.05) is 45.0 Å². The molecule has 0 aliphatic rings. The van der Waals surface area contributed by atoms with Crippen LogP contribution in [0.1, 0.15) is 23.6 Å². The number of nitrogens with one attached hydrogen (secondary N) is 1. The number of carbonyl (C=O) groups excluding carboxylic acids is 1. The summed E-state index contributed by atoms with van der Waals surface area (Å²) in [7, 11) is -4.01. The molecule has 34 heavy (non-hydrogen) atoms. The molecule has 3 aromatic rings. The van der Waals surface area contributed by atoms with E-state index in [9.17, 15) is 13.2 Å². The first-order valence-electron chi connectivity index (χ1n) is 10.9. The van der Waals surface area contributed by atoms with Crippen molar-refractivity contribution in [3.05, 3.63) is 88.4 Å². The van der Waals surface area contributed by atoms with Gasteiger partial charge in [0.25, 0.3) is 10.0 Å². The number of rotatable bonds is 9. The number of anilines is 1. The summed E-state index contributed by atoms with van der Waals surface area (Å²) in [6, 6.07) is 18.7. The lowest BCUT2D eigenvalue weighted by atomic mass is 10.2. The summed E-state index contributed by atoms with van der Waals surface area (Å²) in [5.74, 6) is 0.287. The van der Waals surface area contributed by atoms with Crippen molar-refractivity contribution in [1.29, 1.82) is 0 Å². The van der Waals surface area contributed by atoms with Crippen LogP contribution in [0.4, 0.5) is 5.69 Å². The molecule has 1 atom stereocenters. The molecule has 0 saturated heterocycles. The third-order valence-electron chi connectivity index (χ3n) is 5.33. The molecule has 0 radical (unpaired) electrons. The summed E-state index contributed by atoms with van der Waals surface area (Å²) >= 11 is 6.27. The summed E-state index contributed by atoms with van der Waals surface area (Å²) in [6.07, 6.45) is 0. The summed E-state index contributed by atoms with van der Waals surface area (Å²) in [4.78, 5) is 13.0. The van der Waals surface area contributed by atoms with Crippen LogP contribution in [0.3, 0.4) is 0 Å². The Morgan fingerprint density at radius 2 is 1.68 bits per heavy atom. The molecule has 0 aliphatic heterocycles. The molecule has 180 valence electrons. The van der Waals surface area contributed by atoms with E-state index >= 15 is 0 Å². The van der Waals surface area contributed by atoms with Gasteiger partial charge in [-0.2, -0.15) is 0 Å². The van der Waals surface area contributed by atoms with Crippen molar-refractivity contribution in [2.75, 3.05) is 17.5 Å². The van der Waals surface area contributed by atoms with Gasteiger partial charge in [0.15, 0.2) is 0 Å². The predicted molar refractivity (Wildman–Crippen MR) is 136 cm³/mol. The van der Waals surface area contributed by atoms with Gasteiger partial charge in [-0.3, -0.25) is 9.10 Å². The summed E-state index contributed by atoms with van der Waals surface area (Å²) < 4.78 is 33.9. The molecule has 1 N–H and O–H groups in total. The second-order valence-corrected chi connectivity index (χ2v) is 10.6. The maximum atomic E-state index is 13.5. The first kappa shape index (κ1) is 25.6. The molecule has 3 aromatic carbocycles. The Morgan fingerprint density at radius 1 is 1.00 bits per heavy atom. The van der Waals surface area contributed by atoms with Gasteiger partial charge in [-0.05, 0) is 69.2 Å². The standard InChI is InChI=1S/C26H29ClN2O4S/c1-18-9-13-23(14-10-18)34(31,32)29(22-12-11-19(2)24(27)15-22)16-26(30)28-21(4)17-33-25-8-6-5-7-20(25)3/h5-15,21H,16-17H2,1-4H3,(H,28,30). The molecule has 0 spiro atoms. The van der Waals surface area contributed by atoms with E-state index in [4.69, 9.17) is 16.3 Å². The van der Waals surface area contributed by atoms with E-state index in [-0.39, 0.29) is 17.5 Å². The van der Waals surface area contributed by atoms with E-state index in [1.54, 1.807) is 37.3 Å². The fraction of sp³-hybridized carbons (Fsp3) is 0.269. The Kier molecular flexibility index (Phi) is 8.23. The second kappa shape index (κ2) is 10.9. The minimum Gasteiger partial charge on any atom is -0.491 e.